The van der Waals surface area contributed by atoms with E-state index in [-0.39, 0.29) is 0 Å². The van der Waals surface area contributed by atoms with Crippen LogP contribution in [0.25, 0.3) is 0 Å². The molecular formula is C16H15Cl2NO. The Morgan fingerprint density at radius 1 is 1.00 bits per heavy atom. The molecule has 0 aromatic heterocycles. The summed E-state index contributed by atoms with van der Waals surface area (Å²) in [5.74, 6) is 1.39. The van der Waals surface area contributed by atoms with Gasteiger partial charge in [-0.15, -0.1) is 0 Å². The minimum atomic E-state index is 0.444. The van der Waals surface area contributed by atoms with Crippen molar-refractivity contribution in [2.75, 3.05) is 0 Å². The summed E-state index contributed by atoms with van der Waals surface area (Å²) in [6.07, 6.45) is 2.53. The minimum absolute atomic E-state index is 0.444. The highest BCUT2D eigenvalue weighted by Gasteiger charge is 2.20. The number of nitrogens with one attached hydrogen (secondary N) is 1. The van der Waals surface area contributed by atoms with Gasteiger partial charge in [0.1, 0.15) is 16.5 Å². The lowest BCUT2D eigenvalue weighted by Gasteiger charge is -2.13. The van der Waals surface area contributed by atoms with E-state index in [9.17, 15) is 0 Å². The largest absolute Gasteiger partial charge is 0.455 e. The van der Waals surface area contributed by atoms with Gasteiger partial charge in [0.15, 0.2) is 0 Å². The molecule has 0 atom stereocenters. The zero-order valence-corrected chi connectivity index (χ0v) is 12.4. The van der Waals surface area contributed by atoms with Crippen molar-refractivity contribution >= 4 is 23.2 Å². The monoisotopic (exact) mass is 307 g/mol. The summed E-state index contributed by atoms with van der Waals surface area (Å²) in [5.41, 5.74) is 1.12. The van der Waals surface area contributed by atoms with Crippen LogP contribution >= 0.6 is 23.2 Å². The fraction of sp³-hybridized carbons (Fsp3) is 0.250. The topological polar surface area (TPSA) is 21.3 Å². The van der Waals surface area contributed by atoms with Gasteiger partial charge in [-0.1, -0.05) is 47.5 Å². The van der Waals surface area contributed by atoms with Crippen molar-refractivity contribution in [3.05, 3.63) is 58.1 Å². The molecule has 1 aliphatic carbocycles. The second kappa shape index (κ2) is 6.04. The van der Waals surface area contributed by atoms with Crippen LogP contribution in [0.3, 0.4) is 0 Å². The van der Waals surface area contributed by atoms with Crippen LogP contribution < -0.4 is 10.1 Å². The van der Waals surface area contributed by atoms with Crippen LogP contribution in [0.5, 0.6) is 11.5 Å². The molecule has 104 valence electrons. The van der Waals surface area contributed by atoms with Crippen LogP contribution in [0.15, 0.2) is 42.5 Å². The number of rotatable bonds is 5. The van der Waals surface area contributed by atoms with E-state index in [4.69, 9.17) is 27.9 Å². The molecule has 2 nitrogen and oxygen atoms in total. The maximum atomic E-state index is 6.16. The number of ether oxygens (including phenoxy) is 1. The highest BCUT2D eigenvalue weighted by Crippen LogP contribution is 2.35. The van der Waals surface area contributed by atoms with Crippen molar-refractivity contribution in [1.29, 1.82) is 0 Å². The quantitative estimate of drug-likeness (QED) is 0.835. The molecule has 0 spiro atoms. The normalized spacial score (nSPS) is 14.3. The van der Waals surface area contributed by atoms with E-state index in [0.717, 1.165) is 17.9 Å². The Labute approximate surface area is 128 Å². The highest BCUT2D eigenvalue weighted by atomic mass is 35.5. The fourth-order valence-corrected chi connectivity index (χ4v) is 2.30. The first-order valence-corrected chi connectivity index (χ1v) is 7.43. The van der Waals surface area contributed by atoms with Crippen molar-refractivity contribution in [2.45, 2.75) is 25.4 Å². The summed E-state index contributed by atoms with van der Waals surface area (Å²) < 4.78 is 5.92. The van der Waals surface area contributed by atoms with Crippen molar-refractivity contribution in [3.63, 3.8) is 0 Å². The number of halogens is 2. The number of hydrogen-bond donors (Lipinski definition) is 1. The summed E-state index contributed by atoms with van der Waals surface area (Å²) in [6, 6.07) is 14.0. The van der Waals surface area contributed by atoms with E-state index in [2.05, 4.69) is 11.4 Å². The van der Waals surface area contributed by atoms with Crippen LogP contribution in [0.2, 0.25) is 10.0 Å². The van der Waals surface area contributed by atoms with E-state index in [1.165, 1.54) is 12.8 Å². The van der Waals surface area contributed by atoms with E-state index in [0.29, 0.717) is 21.8 Å². The summed E-state index contributed by atoms with van der Waals surface area (Å²) in [6.45, 7) is 0.805. The molecule has 0 saturated heterocycles. The first-order valence-electron chi connectivity index (χ1n) is 6.67. The molecule has 20 heavy (non-hydrogen) atoms. The molecule has 0 amide bonds. The molecular weight excluding hydrogens is 293 g/mol. The first kappa shape index (κ1) is 13.7. The number of hydrogen-bond acceptors (Lipinski definition) is 2. The average Bonchev–Trinajstić information content (AvgIpc) is 3.27. The van der Waals surface area contributed by atoms with Crippen LogP contribution in [0.1, 0.15) is 18.4 Å². The predicted octanol–water partition coefficient (Wildman–Crippen LogP) is 5.04. The predicted molar refractivity (Wildman–Crippen MR) is 82.8 cm³/mol. The van der Waals surface area contributed by atoms with E-state index >= 15 is 0 Å². The van der Waals surface area contributed by atoms with Gasteiger partial charge in [0.2, 0.25) is 0 Å². The summed E-state index contributed by atoms with van der Waals surface area (Å²) in [5, 5.41) is 4.43. The van der Waals surface area contributed by atoms with Crippen LogP contribution in [-0.4, -0.2) is 6.04 Å². The van der Waals surface area contributed by atoms with Gasteiger partial charge in [0.05, 0.1) is 5.02 Å². The van der Waals surface area contributed by atoms with Gasteiger partial charge < -0.3 is 10.1 Å². The molecule has 0 heterocycles. The van der Waals surface area contributed by atoms with Gasteiger partial charge in [0, 0.05) is 18.2 Å². The van der Waals surface area contributed by atoms with Gasteiger partial charge in [0.25, 0.3) is 0 Å². The van der Waals surface area contributed by atoms with Crippen LogP contribution in [-0.2, 0) is 6.54 Å². The maximum absolute atomic E-state index is 6.16. The van der Waals surface area contributed by atoms with Gasteiger partial charge in [-0.3, -0.25) is 0 Å². The van der Waals surface area contributed by atoms with Gasteiger partial charge in [-0.05, 0) is 31.0 Å². The molecule has 1 fully saturated rings. The van der Waals surface area contributed by atoms with Crippen LogP contribution in [0.4, 0.5) is 0 Å². The molecule has 2 aromatic rings. The lowest BCUT2D eigenvalue weighted by molar-refractivity contribution is 0.473. The highest BCUT2D eigenvalue weighted by molar-refractivity contribution is 6.42. The Bertz CT molecular complexity index is 611. The molecule has 0 unspecified atom stereocenters. The zero-order chi connectivity index (χ0) is 13.9. The first-order chi connectivity index (χ1) is 9.74. The average molecular weight is 308 g/mol. The third kappa shape index (κ3) is 3.26. The summed E-state index contributed by atoms with van der Waals surface area (Å²) in [7, 11) is 0. The lowest BCUT2D eigenvalue weighted by Crippen LogP contribution is -2.15. The Morgan fingerprint density at radius 3 is 2.55 bits per heavy atom. The van der Waals surface area contributed by atoms with E-state index in [1.807, 2.05) is 30.3 Å². The minimum Gasteiger partial charge on any atom is -0.455 e. The molecule has 0 aliphatic heterocycles. The Balaban J connectivity index is 1.80. The van der Waals surface area contributed by atoms with Crippen molar-refractivity contribution in [1.82, 2.24) is 5.32 Å². The summed E-state index contributed by atoms with van der Waals surface area (Å²) >= 11 is 12.2. The van der Waals surface area contributed by atoms with Crippen molar-refractivity contribution < 1.29 is 4.74 Å². The molecule has 2 aromatic carbocycles. The van der Waals surface area contributed by atoms with Gasteiger partial charge >= 0.3 is 0 Å². The second-order valence-electron chi connectivity index (χ2n) is 4.92. The van der Waals surface area contributed by atoms with Crippen molar-refractivity contribution in [2.24, 2.45) is 0 Å². The van der Waals surface area contributed by atoms with Gasteiger partial charge in [-0.25, -0.2) is 0 Å². The molecule has 1 aliphatic rings. The third-order valence-electron chi connectivity index (χ3n) is 3.27. The summed E-state index contributed by atoms with van der Waals surface area (Å²) in [4.78, 5) is 0. The Morgan fingerprint density at radius 2 is 1.75 bits per heavy atom. The Hall–Kier alpha value is -1.22. The molecule has 1 N–H and O–H groups in total. The lowest BCUT2D eigenvalue weighted by atomic mass is 10.2. The fourth-order valence-electron chi connectivity index (χ4n) is 1.97. The molecule has 0 radical (unpaired) electrons. The van der Waals surface area contributed by atoms with Crippen LogP contribution in [0, 0.1) is 0 Å². The zero-order valence-electron chi connectivity index (χ0n) is 10.9. The molecule has 3 rings (SSSR count). The van der Waals surface area contributed by atoms with E-state index in [1.54, 1.807) is 6.07 Å². The number of benzene rings is 2. The number of para-hydroxylation sites is 1. The Kier molecular flexibility index (Phi) is 4.16. The SMILES string of the molecule is Clc1cccc(Oc2ccccc2CNC2CC2)c1Cl. The maximum Gasteiger partial charge on any atom is 0.147 e. The molecule has 4 heteroatoms. The molecule has 0 bridgehead atoms. The smallest absolute Gasteiger partial charge is 0.147 e. The molecule has 1 saturated carbocycles. The second-order valence-corrected chi connectivity index (χ2v) is 5.70. The van der Waals surface area contributed by atoms with Gasteiger partial charge in [-0.2, -0.15) is 0 Å². The van der Waals surface area contributed by atoms with E-state index < -0.39 is 0 Å². The standard InChI is InChI=1S/C16H15Cl2NO/c17-13-5-3-7-15(16(13)18)20-14-6-2-1-4-11(14)10-19-12-8-9-12/h1-7,12,19H,8-10H2. The third-order valence-corrected chi connectivity index (χ3v) is 4.07. The van der Waals surface area contributed by atoms with Crippen molar-refractivity contribution in [3.8, 4) is 11.5 Å².